The van der Waals surface area contributed by atoms with Crippen LogP contribution in [0.3, 0.4) is 0 Å². The Balaban J connectivity index is 1.15. The Kier molecular flexibility index (Phi) is 3.36. The van der Waals surface area contributed by atoms with Crippen molar-refractivity contribution < 1.29 is 9.47 Å². The van der Waals surface area contributed by atoms with Gasteiger partial charge in [-0.1, -0.05) is 6.92 Å². The summed E-state index contributed by atoms with van der Waals surface area (Å²) >= 11 is 0. The zero-order valence-electron chi connectivity index (χ0n) is 13.9. The number of ether oxygens (including phenoxy) is 2. The summed E-state index contributed by atoms with van der Waals surface area (Å²) < 4.78 is 12.6. The standard InChI is InChI=1S/C19H31NO2/c1-12-2-5-19(6-3-12)7-4-15(22-19)10-20-17-13-8-14-11-21-18(17)16(14)9-13/h12-18,20H,2-11H2,1H3/t12?,13-,14-,15?,16+,17?,18+,19?/m1/s1. The predicted octanol–water partition coefficient (Wildman–Crippen LogP) is 3.13. The maximum absolute atomic E-state index is 6.55. The number of rotatable bonds is 3. The lowest BCUT2D eigenvalue weighted by atomic mass is 9.78. The van der Waals surface area contributed by atoms with E-state index in [0.717, 1.165) is 36.8 Å². The quantitative estimate of drug-likeness (QED) is 0.869. The molecule has 5 rings (SSSR count). The molecule has 3 nitrogen and oxygen atoms in total. The first-order valence-electron chi connectivity index (χ1n) is 9.75. The molecular formula is C19H31NO2. The molecule has 2 saturated heterocycles. The van der Waals surface area contributed by atoms with Crippen molar-refractivity contribution in [3.05, 3.63) is 0 Å². The van der Waals surface area contributed by atoms with Gasteiger partial charge in [0.1, 0.15) is 0 Å². The van der Waals surface area contributed by atoms with Crippen LogP contribution in [-0.4, -0.2) is 37.0 Å². The Labute approximate surface area is 134 Å². The van der Waals surface area contributed by atoms with Crippen LogP contribution in [0.4, 0.5) is 0 Å². The van der Waals surface area contributed by atoms with Crippen molar-refractivity contribution in [3.63, 3.8) is 0 Å². The minimum atomic E-state index is 0.252. The van der Waals surface area contributed by atoms with Crippen LogP contribution in [0.15, 0.2) is 0 Å². The van der Waals surface area contributed by atoms with E-state index in [4.69, 9.17) is 9.47 Å². The monoisotopic (exact) mass is 305 g/mol. The van der Waals surface area contributed by atoms with Gasteiger partial charge in [0, 0.05) is 12.6 Å². The lowest BCUT2D eigenvalue weighted by molar-refractivity contribution is -0.0706. The van der Waals surface area contributed by atoms with Gasteiger partial charge in [0.2, 0.25) is 0 Å². The third kappa shape index (κ3) is 2.19. The Hall–Kier alpha value is -0.120. The van der Waals surface area contributed by atoms with E-state index in [1.807, 2.05) is 0 Å². The van der Waals surface area contributed by atoms with Crippen molar-refractivity contribution in [2.24, 2.45) is 23.7 Å². The van der Waals surface area contributed by atoms with E-state index in [1.54, 1.807) is 0 Å². The van der Waals surface area contributed by atoms with Gasteiger partial charge in [0.15, 0.2) is 0 Å². The maximum atomic E-state index is 6.55. The largest absolute Gasteiger partial charge is 0.376 e. The minimum absolute atomic E-state index is 0.252. The molecule has 3 saturated carbocycles. The fraction of sp³-hybridized carbons (Fsp3) is 1.00. The van der Waals surface area contributed by atoms with Crippen molar-refractivity contribution in [1.29, 1.82) is 0 Å². The molecule has 0 aromatic rings. The third-order valence-electron chi connectivity index (χ3n) is 7.68. The average molecular weight is 305 g/mol. The molecule has 2 aliphatic heterocycles. The predicted molar refractivity (Wildman–Crippen MR) is 85.7 cm³/mol. The van der Waals surface area contributed by atoms with E-state index in [9.17, 15) is 0 Å². The summed E-state index contributed by atoms with van der Waals surface area (Å²) in [7, 11) is 0. The molecule has 2 bridgehead atoms. The molecule has 2 heterocycles. The summed E-state index contributed by atoms with van der Waals surface area (Å²) in [6.45, 7) is 4.48. The molecule has 0 aromatic carbocycles. The van der Waals surface area contributed by atoms with Crippen LogP contribution < -0.4 is 5.32 Å². The topological polar surface area (TPSA) is 30.5 Å². The molecule has 0 aromatic heterocycles. The minimum Gasteiger partial charge on any atom is -0.376 e. The fourth-order valence-corrected chi connectivity index (χ4v) is 6.33. The van der Waals surface area contributed by atoms with Crippen LogP contribution >= 0.6 is 0 Å². The van der Waals surface area contributed by atoms with Crippen LogP contribution in [0, 0.1) is 23.7 Å². The van der Waals surface area contributed by atoms with Gasteiger partial charge >= 0.3 is 0 Å². The highest BCUT2D eigenvalue weighted by atomic mass is 16.5. The van der Waals surface area contributed by atoms with E-state index in [1.165, 1.54) is 51.4 Å². The molecule has 2 unspecified atom stereocenters. The van der Waals surface area contributed by atoms with E-state index in [0.29, 0.717) is 18.2 Å². The lowest BCUT2D eigenvalue weighted by Crippen LogP contribution is -2.46. The summed E-state index contributed by atoms with van der Waals surface area (Å²) in [4.78, 5) is 0. The lowest BCUT2D eigenvalue weighted by Gasteiger charge is -2.36. The Morgan fingerprint density at radius 3 is 2.73 bits per heavy atom. The number of fused-ring (bicyclic) bond motifs is 1. The first-order chi connectivity index (χ1) is 10.7. The zero-order valence-corrected chi connectivity index (χ0v) is 13.9. The second-order valence-electron chi connectivity index (χ2n) is 9.03. The van der Waals surface area contributed by atoms with E-state index >= 15 is 0 Å². The smallest absolute Gasteiger partial charge is 0.0762 e. The normalized spacial score (nSPS) is 56.3. The summed E-state index contributed by atoms with van der Waals surface area (Å²) in [5.74, 6) is 3.56. The highest BCUT2D eigenvalue weighted by Crippen LogP contribution is 2.54. The molecule has 6 atom stereocenters. The molecular weight excluding hydrogens is 274 g/mol. The first-order valence-corrected chi connectivity index (χ1v) is 9.75. The molecule has 1 N–H and O–H groups in total. The molecule has 1 spiro atoms. The molecule has 3 heteroatoms. The molecule has 5 aliphatic rings. The fourth-order valence-electron chi connectivity index (χ4n) is 6.33. The summed E-state index contributed by atoms with van der Waals surface area (Å²) in [5, 5.41) is 3.86. The Morgan fingerprint density at radius 1 is 1.05 bits per heavy atom. The maximum Gasteiger partial charge on any atom is 0.0762 e. The number of nitrogens with one attached hydrogen (secondary N) is 1. The molecule has 0 radical (unpaired) electrons. The Morgan fingerprint density at radius 2 is 1.86 bits per heavy atom. The second kappa shape index (κ2) is 5.19. The number of hydrogen-bond donors (Lipinski definition) is 1. The van der Waals surface area contributed by atoms with Crippen molar-refractivity contribution in [3.8, 4) is 0 Å². The van der Waals surface area contributed by atoms with Crippen molar-refractivity contribution in [2.45, 2.75) is 82.1 Å². The van der Waals surface area contributed by atoms with E-state index in [-0.39, 0.29) is 5.60 Å². The van der Waals surface area contributed by atoms with Crippen molar-refractivity contribution in [2.75, 3.05) is 13.2 Å². The van der Waals surface area contributed by atoms with Gasteiger partial charge in [-0.25, -0.2) is 0 Å². The van der Waals surface area contributed by atoms with Gasteiger partial charge in [-0.15, -0.1) is 0 Å². The van der Waals surface area contributed by atoms with Gasteiger partial charge in [-0.05, 0) is 75.0 Å². The SMILES string of the molecule is CC1CCC2(CC1)CCC(CNC1[C@@H]3C[C@@H]4CO[C@H]1[C@H]4C3)O2. The van der Waals surface area contributed by atoms with Gasteiger partial charge in [-0.3, -0.25) is 0 Å². The van der Waals surface area contributed by atoms with E-state index < -0.39 is 0 Å². The van der Waals surface area contributed by atoms with Crippen LogP contribution in [0.25, 0.3) is 0 Å². The molecule has 5 fully saturated rings. The van der Waals surface area contributed by atoms with Gasteiger partial charge in [0.25, 0.3) is 0 Å². The van der Waals surface area contributed by atoms with Crippen LogP contribution in [0.5, 0.6) is 0 Å². The van der Waals surface area contributed by atoms with Crippen LogP contribution in [0.1, 0.15) is 58.3 Å². The Bertz CT molecular complexity index is 429. The summed E-state index contributed by atoms with van der Waals surface area (Å²) in [6.07, 6.45) is 11.7. The van der Waals surface area contributed by atoms with Crippen LogP contribution in [-0.2, 0) is 9.47 Å². The van der Waals surface area contributed by atoms with Gasteiger partial charge in [0.05, 0.1) is 24.4 Å². The van der Waals surface area contributed by atoms with Gasteiger partial charge < -0.3 is 14.8 Å². The highest BCUT2D eigenvalue weighted by Gasteiger charge is 2.57. The van der Waals surface area contributed by atoms with Gasteiger partial charge in [-0.2, -0.15) is 0 Å². The van der Waals surface area contributed by atoms with E-state index in [2.05, 4.69) is 12.2 Å². The zero-order chi connectivity index (χ0) is 14.7. The molecule has 124 valence electrons. The summed E-state index contributed by atoms with van der Waals surface area (Å²) in [6, 6.07) is 0.621. The van der Waals surface area contributed by atoms with Crippen molar-refractivity contribution in [1.82, 2.24) is 5.32 Å². The van der Waals surface area contributed by atoms with Crippen LogP contribution in [0.2, 0.25) is 0 Å². The molecule has 22 heavy (non-hydrogen) atoms. The molecule has 0 amide bonds. The average Bonchev–Trinajstić information content (AvgIpc) is 3.22. The second-order valence-corrected chi connectivity index (χ2v) is 9.03. The third-order valence-corrected chi connectivity index (χ3v) is 7.68. The molecule has 3 aliphatic carbocycles. The summed E-state index contributed by atoms with van der Waals surface area (Å²) in [5.41, 5.74) is 0.252. The highest BCUT2D eigenvalue weighted by molar-refractivity contribution is 5.08. The van der Waals surface area contributed by atoms with Crippen molar-refractivity contribution >= 4 is 0 Å². The number of hydrogen-bond acceptors (Lipinski definition) is 3. The first kappa shape index (κ1) is 14.2.